The van der Waals surface area contributed by atoms with E-state index in [0.29, 0.717) is 10.8 Å². The Hall–Kier alpha value is -1.75. The normalized spacial score (nSPS) is 10.1. The SMILES string of the molecule is Cc1cc(OCC(=O)N(C)CC(=O)O)cc(C)c1Cl. The van der Waals surface area contributed by atoms with Crippen molar-refractivity contribution < 1.29 is 19.4 Å². The van der Waals surface area contributed by atoms with Crippen LogP contribution in [0.15, 0.2) is 12.1 Å². The van der Waals surface area contributed by atoms with Gasteiger partial charge < -0.3 is 14.7 Å². The highest BCUT2D eigenvalue weighted by molar-refractivity contribution is 6.32. The first-order valence-corrected chi connectivity index (χ1v) is 6.04. The molecule has 0 saturated carbocycles. The number of amides is 1. The summed E-state index contributed by atoms with van der Waals surface area (Å²) in [5.74, 6) is -0.918. The van der Waals surface area contributed by atoms with Crippen molar-refractivity contribution in [3.8, 4) is 5.75 Å². The van der Waals surface area contributed by atoms with Crippen LogP contribution in [-0.2, 0) is 9.59 Å². The highest BCUT2D eigenvalue weighted by Gasteiger charge is 2.13. The molecular weight excluding hydrogens is 270 g/mol. The number of hydrogen-bond acceptors (Lipinski definition) is 3. The lowest BCUT2D eigenvalue weighted by Crippen LogP contribution is -2.35. The number of carbonyl (C=O) groups excluding carboxylic acids is 1. The topological polar surface area (TPSA) is 66.8 Å². The smallest absolute Gasteiger partial charge is 0.323 e. The van der Waals surface area contributed by atoms with Crippen molar-refractivity contribution in [3.63, 3.8) is 0 Å². The fourth-order valence-electron chi connectivity index (χ4n) is 1.54. The van der Waals surface area contributed by atoms with Crippen LogP contribution in [0.1, 0.15) is 11.1 Å². The maximum absolute atomic E-state index is 11.6. The molecular formula is C13H16ClNO4. The monoisotopic (exact) mass is 285 g/mol. The van der Waals surface area contributed by atoms with E-state index in [1.807, 2.05) is 13.8 Å². The fraction of sp³-hybridized carbons (Fsp3) is 0.385. The third kappa shape index (κ3) is 4.44. The third-order valence-corrected chi connectivity index (χ3v) is 3.17. The molecule has 0 spiro atoms. The molecule has 6 heteroatoms. The van der Waals surface area contributed by atoms with Gasteiger partial charge in [0.2, 0.25) is 0 Å². The molecule has 1 rings (SSSR count). The van der Waals surface area contributed by atoms with E-state index in [1.165, 1.54) is 7.05 Å². The first-order chi connectivity index (χ1) is 8.81. The summed E-state index contributed by atoms with van der Waals surface area (Å²) in [6, 6.07) is 3.47. The van der Waals surface area contributed by atoms with E-state index < -0.39 is 11.9 Å². The van der Waals surface area contributed by atoms with Crippen LogP contribution in [0.4, 0.5) is 0 Å². The zero-order valence-corrected chi connectivity index (χ0v) is 11.8. The Bertz CT molecular complexity index is 478. The summed E-state index contributed by atoms with van der Waals surface area (Å²) in [5.41, 5.74) is 1.73. The second-order valence-corrected chi connectivity index (χ2v) is 4.68. The molecule has 0 unspecified atom stereocenters. The number of benzene rings is 1. The molecule has 0 aliphatic rings. The average Bonchev–Trinajstić information content (AvgIpc) is 2.31. The van der Waals surface area contributed by atoms with Crippen molar-refractivity contribution in [1.29, 1.82) is 0 Å². The van der Waals surface area contributed by atoms with E-state index in [-0.39, 0.29) is 13.2 Å². The van der Waals surface area contributed by atoms with Gasteiger partial charge in [-0.05, 0) is 37.1 Å². The van der Waals surface area contributed by atoms with E-state index in [1.54, 1.807) is 12.1 Å². The number of likely N-dealkylation sites (N-methyl/N-ethyl adjacent to an activating group) is 1. The minimum absolute atomic E-state index is 0.204. The van der Waals surface area contributed by atoms with E-state index >= 15 is 0 Å². The molecule has 1 aromatic rings. The quantitative estimate of drug-likeness (QED) is 0.897. The number of aryl methyl sites for hydroxylation is 2. The van der Waals surface area contributed by atoms with Crippen LogP contribution in [0.5, 0.6) is 5.75 Å². The number of ether oxygens (including phenoxy) is 1. The molecule has 1 amide bonds. The summed E-state index contributed by atoms with van der Waals surface area (Å²) >= 11 is 6.02. The largest absolute Gasteiger partial charge is 0.484 e. The molecule has 19 heavy (non-hydrogen) atoms. The Morgan fingerprint density at radius 1 is 1.32 bits per heavy atom. The molecule has 0 fully saturated rings. The second kappa shape index (κ2) is 6.43. The molecule has 0 radical (unpaired) electrons. The zero-order chi connectivity index (χ0) is 14.6. The molecule has 5 nitrogen and oxygen atoms in total. The summed E-state index contributed by atoms with van der Waals surface area (Å²) in [7, 11) is 1.41. The van der Waals surface area contributed by atoms with Crippen molar-refractivity contribution in [2.45, 2.75) is 13.8 Å². The van der Waals surface area contributed by atoms with Crippen LogP contribution >= 0.6 is 11.6 Å². The van der Waals surface area contributed by atoms with Crippen LogP contribution in [0.3, 0.4) is 0 Å². The number of carboxylic acid groups (broad SMARTS) is 1. The van der Waals surface area contributed by atoms with Gasteiger partial charge in [0.05, 0.1) is 0 Å². The van der Waals surface area contributed by atoms with Crippen molar-refractivity contribution in [3.05, 3.63) is 28.3 Å². The summed E-state index contributed by atoms with van der Waals surface area (Å²) in [6.07, 6.45) is 0. The number of hydrogen-bond donors (Lipinski definition) is 1. The van der Waals surface area contributed by atoms with Crippen LogP contribution in [0, 0.1) is 13.8 Å². The molecule has 0 aliphatic heterocycles. The maximum atomic E-state index is 11.6. The second-order valence-electron chi connectivity index (χ2n) is 4.30. The van der Waals surface area contributed by atoms with Crippen molar-refractivity contribution >= 4 is 23.5 Å². The summed E-state index contributed by atoms with van der Waals surface area (Å²) < 4.78 is 5.34. The lowest BCUT2D eigenvalue weighted by atomic mass is 10.1. The highest BCUT2D eigenvalue weighted by Crippen LogP contribution is 2.25. The Morgan fingerprint density at radius 2 is 1.84 bits per heavy atom. The maximum Gasteiger partial charge on any atom is 0.323 e. The molecule has 0 saturated heterocycles. The van der Waals surface area contributed by atoms with Crippen molar-refractivity contribution in [2.24, 2.45) is 0 Å². The predicted octanol–water partition coefficient (Wildman–Crippen LogP) is 1.88. The van der Waals surface area contributed by atoms with Crippen LogP contribution in [0.2, 0.25) is 5.02 Å². The van der Waals surface area contributed by atoms with Crippen LogP contribution < -0.4 is 4.74 Å². The standard InChI is InChI=1S/C13H16ClNO4/c1-8-4-10(5-9(2)13(8)14)19-7-11(16)15(3)6-12(17)18/h4-5H,6-7H2,1-3H3,(H,17,18). The van der Waals surface area contributed by atoms with Gasteiger partial charge in [0.1, 0.15) is 12.3 Å². The summed E-state index contributed by atoms with van der Waals surface area (Å²) in [5, 5.41) is 9.24. The average molecular weight is 286 g/mol. The van der Waals surface area contributed by atoms with Gasteiger partial charge in [-0.3, -0.25) is 9.59 Å². The highest BCUT2D eigenvalue weighted by atomic mass is 35.5. The lowest BCUT2D eigenvalue weighted by Gasteiger charge is -2.15. The Kier molecular flexibility index (Phi) is 5.18. The number of nitrogens with zero attached hydrogens (tertiary/aromatic N) is 1. The molecule has 104 valence electrons. The number of rotatable bonds is 5. The molecule has 0 aromatic heterocycles. The van der Waals surface area contributed by atoms with Crippen molar-refractivity contribution in [2.75, 3.05) is 20.2 Å². The minimum Gasteiger partial charge on any atom is -0.484 e. The Morgan fingerprint density at radius 3 is 2.32 bits per heavy atom. The first-order valence-electron chi connectivity index (χ1n) is 5.66. The molecule has 0 aliphatic carbocycles. The minimum atomic E-state index is -1.06. The van der Waals surface area contributed by atoms with Gasteiger partial charge in [0.15, 0.2) is 6.61 Å². The Labute approximate surface area is 116 Å². The van der Waals surface area contributed by atoms with E-state index in [9.17, 15) is 9.59 Å². The number of aliphatic carboxylic acids is 1. The van der Waals surface area contributed by atoms with Gasteiger partial charge >= 0.3 is 5.97 Å². The van der Waals surface area contributed by atoms with Gasteiger partial charge in [0.25, 0.3) is 5.91 Å². The number of halogens is 1. The predicted molar refractivity (Wildman–Crippen MR) is 71.7 cm³/mol. The Balaban J connectivity index is 2.62. The molecule has 0 bridgehead atoms. The van der Waals surface area contributed by atoms with Crippen LogP contribution in [-0.4, -0.2) is 42.1 Å². The molecule has 0 atom stereocenters. The fourth-order valence-corrected chi connectivity index (χ4v) is 1.64. The third-order valence-electron chi connectivity index (χ3n) is 2.57. The number of carboxylic acids is 1. The molecule has 1 aromatic carbocycles. The number of carbonyl (C=O) groups is 2. The van der Waals surface area contributed by atoms with Gasteiger partial charge in [-0.1, -0.05) is 11.6 Å². The van der Waals surface area contributed by atoms with Crippen LogP contribution in [0.25, 0.3) is 0 Å². The van der Waals surface area contributed by atoms with Crippen molar-refractivity contribution in [1.82, 2.24) is 4.90 Å². The summed E-state index contributed by atoms with van der Waals surface area (Å²) in [4.78, 5) is 23.2. The van der Waals surface area contributed by atoms with Gasteiger partial charge in [-0.25, -0.2) is 0 Å². The van der Waals surface area contributed by atoms with Gasteiger partial charge in [0, 0.05) is 12.1 Å². The van der Waals surface area contributed by atoms with E-state index in [2.05, 4.69) is 0 Å². The van der Waals surface area contributed by atoms with Gasteiger partial charge in [-0.15, -0.1) is 0 Å². The van der Waals surface area contributed by atoms with E-state index in [0.717, 1.165) is 16.0 Å². The van der Waals surface area contributed by atoms with E-state index in [4.69, 9.17) is 21.4 Å². The van der Waals surface area contributed by atoms with Gasteiger partial charge in [-0.2, -0.15) is 0 Å². The molecule has 1 N–H and O–H groups in total. The summed E-state index contributed by atoms with van der Waals surface area (Å²) in [6.45, 7) is 3.15. The first kappa shape index (κ1) is 15.3. The lowest BCUT2D eigenvalue weighted by molar-refractivity contribution is -0.144. The molecule has 0 heterocycles. The zero-order valence-electron chi connectivity index (χ0n) is 11.1.